The van der Waals surface area contributed by atoms with Gasteiger partial charge in [-0.1, -0.05) is 0 Å². The van der Waals surface area contributed by atoms with E-state index in [1.165, 1.54) is 18.2 Å². The quantitative estimate of drug-likeness (QED) is 0.679. The minimum atomic E-state index is -0.460. The Kier molecular flexibility index (Phi) is 3.64. The Balaban J connectivity index is 2.27. The number of benzene rings is 1. The SMILES string of the molecule is CCn1nc(C)cc1CC(=O)c1cc(F)ccc1N. The fraction of sp³-hybridized carbons (Fsp3) is 0.286. The Hall–Kier alpha value is -2.17. The van der Waals surface area contributed by atoms with Crippen LogP contribution in [0.2, 0.25) is 0 Å². The van der Waals surface area contributed by atoms with Crippen LogP contribution in [0.4, 0.5) is 10.1 Å². The number of nitrogen functional groups attached to an aromatic ring is 1. The van der Waals surface area contributed by atoms with E-state index in [0.29, 0.717) is 12.2 Å². The molecule has 0 unspecified atom stereocenters. The van der Waals surface area contributed by atoms with E-state index in [9.17, 15) is 9.18 Å². The molecule has 0 spiro atoms. The van der Waals surface area contributed by atoms with E-state index in [1.807, 2.05) is 19.9 Å². The van der Waals surface area contributed by atoms with Crippen LogP contribution >= 0.6 is 0 Å². The predicted octanol–water partition coefficient (Wildman–Crippen LogP) is 2.36. The van der Waals surface area contributed by atoms with E-state index in [-0.39, 0.29) is 17.8 Å². The average molecular weight is 261 g/mol. The second kappa shape index (κ2) is 5.22. The van der Waals surface area contributed by atoms with Crippen molar-refractivity contribution >= 4 is 11.5 Å². The number of nitrogens with zero attached hydrogens (tertiary/aromatic N) is 2. The lowest BCUT2D eigenvalue weighted by atomic mass is 10.0. The van der Waals surface area contributed by atoms with E-state index in [1.54, 1.807) is 4.68 Å². The first kappa shape index (κ1) is 13.3. The highest BCUT2D eigenvalue weighted by Gasteiger charge is 2.14. The number of aromatic nitrogens is 2. The number of carbonyl (C=O) groups excluding carboxylic acids is 1. The summed E-state index contributed by atoms with van der Waals surface area (Å²) in [5, 5.41) is 4.27. The maximum absolute atomic E-state index is 13.2. The fourth-order valence-electron chi connectivity index (χ4n) is 2.04. The maximum Gasteiger partial charge on any atom is 0.170 e. The molecule has 0 radical (unpaired) electrons. The highest BCUT2D eigenvalue weighted by atomic mass is 19.1. The summed E-state index contributed by atoms with van der Waals surface area (Å²) in [5.41, 5.74) is 7.90. The minimum absolute atomic E-state index is 0.169. The first-order valence-electron chi connectivity index (χ1n) is 6.12. The van der Waals surface area contributed by atoms with Gasteiger partial charge in [0, 0.05) is 23.5 Å². The third-order valence-corrected chi connectivity index (χ3v) is 2.94. The number of aryl methyl sites for hydroxylation is 2. The number of rotatable bonds is 4. The molecule has 1 heterocycles. The fourth-order valence-corrected chi connectivity index (χ4v) is 2.04. The molecule has 19 heavy (non-hydrogen) atoms. The van der Waals surface area contributed by atoms with Gasteiger partial charge >= 0.3 is 0 Å². The number of ketones is 1. The third kappa shape index (κ3) is 2.81. The van der Waals surface area contributed by atoms with Crippen LogP contribution in [0.3, 0.4) is 0 Å². The van der Waals surface area contributed by atoms with Gasteiger partial charge in [0.15, 0.2) is 5.78 Å². The Morgan fingerprint density at radius 2 is 2.16 bits per heavy atom. The van der Waals surface area contributed by atoms with Crippen molar-refractivity contribution in [2.75, 3.05) is 5.73 Å². The zero-order valence-electron chi connectivity index (χ0n) is 11.0. The van der Waals surface area contributed by atoms with Crippen LogP contribution in [0.5, 0.6) is 0 Å². The standard InChI is InChI=1S/C14H16FN3O/c1-3-18-11(6-9(2)17-18)8-14(19)12-7-10(15)4-5-13(12)16/h4-7H,3,8,16H2,1-2H3. The van der Waals surface area contributed by atoms with Crippen LogP contribution in [0.1, 0.15) is 28.7 Å². The van der Waals surface area contributed by atoms with E-state index in [4.69, 9.17) is 5.73 Å². The number of hydrogen-bond donors (Lipinski definition) is 1. The Morgan fingerprint density at radius 1 is 1.42 bits per heavy atom. The molecule has 0 aliphatic heterocycles. The molecule has 5 heteroatoms. The second-order valence-corrected chi connectivity index (χ2v) is 4.42. The van der Waals surface area contributed by atoms with E-state index >= 15 is 0 Å². The van der Waals surface area contributed by atoms with E-state index < -0.39 is 5.82 Å². The first-order chi connectivity index (χ1) is 9.01. The number of carbonyl (C=O) groups is 1. The topological polar surface area (TPSA) is 60.9 Å². The van der Waals surface area contributed by atoms with Crippen molar-refractivity contribution in [3.05, 3.63) is 47.0 Å². The molecular formula is C14H16FN3O. The molecule has 2 rings (SSSR count). The van der Waals surface area contributed by atoms with Gasteiger partial charge in [-0.3, -0.25) is 9.48 Å². The molecule has 2 N–H and O–H groups in total. The molecule has 0 saturated carbocycles. The average Bonchev–Trinajstić information content (AvgIpc) is 2.72. The zero-order valence-corrected chi connectivity index (χ0v) is 11.0. The maximum atomic E-state index is 13.2. The lowest BCUT2D eigenvalue weighted by Gasteiger charge is -2.06. The van der Waals surface area contributed by atoms with Crippen LogP contribution in [-0.2, 0) is 13.0 Å². The normalized spacial score (nSPS) is 10.7. The number of hydrogen-bond acceptors (Lipinski definition) is 3. The van der Waals surface area contributed by atoms with Gasteiger partial charge in [-0.2, -0.15) is 5.10 Å². The van der Waals surface area contributed by atoms with Gasteiger partial charge in [0.1, 0.15) is 5.82 Å². The summed E-state index contributed by atoms with van der Waals surface area (Å²) in [7, 11) is 0. The summed E-state index contributed by atoms with van der Waals surface area (Å²) >= 11 is 0. The van der Waals surface area contributed by atoms with Crippen molar-refractivity contribution in [2.45, 2.75) is 26.8 Å². The van der Waals surface area contributed by atoms with Gasteiger partial charge in [0.25, 0.3) is 0 Å². The molecule has 0 aliphatic carbocycles. The summed E-state index contributed by atoms with van der Waals surface area (Å²) in [4.78, 5) is 12.2. The molecule has 0 saturated heterocycles. The monoisotopic (exact) mass is 261 g/mol. The third-order valence-electron chi connectivity index (χ3n) is 2.94. The van der Waals surface area contributed by atoms with Gasteiger partial charge in [0.2, 0.25) is 0 Å². The van der Waals surface area contributed by atoms with Crippen molar-refractivity contribution in [1.29, 1.82) is 0 Å². The van der Waals surface area contributed by atoms with Crippen molar-refractivity contribution in [1.82, 2.24) is 9.78 Å². The molecule has 0 amide bonds. The largest absolute Gasteiger partial charge is 0.398 e. The second-order valence-electron chi connectivity index (χ2n) is 4.42. The summed E-state index contributed by atoms with van der Waals surface area (Å²) in [6.07, 6.45) is 0.169. The van der Waals surface area contributed by atoms with E-state index in [0.717, 1.165) is 11.4 Å². The van der Waals surface area contributed by atoms with Gasteiger partial charge in [-0.15, -0.1) is 0 Å². The van der Waals surface area contributed by atoms with Crippen LogP contribution in [0, 0.1) is 12.7 Å². The number of anilines is 1. The summed E-state index contributed by atoms with van der Waals surface area (Å²) in [6, 6.07) is 5.69. The molecule has 0 fully saturated rings. The van der Waals surface area contributed by atoms with Gasteiger partial charge in [0.05, 0.1) is 12.1 Å². The molecule has 4 nitrogen and oxygen atoms in total. The molecule has 1 aromatic carbocycles. The Bertz CT molecular complexity index is 619. The van der Waals surface area contributed by atoms with E-state index in [2.05, 4.69) is 5.10 Å². The van der Waals surface area contributed by atoms with Crippen LogP contribution < -0.4 is 5.73 Å². The molecule has 0 bridgehead atoms. The summed E-state index contributed by atoms with van der Waals surface area (Å²) in [5.74, 6) is -0.663. The Labute approximate surface area is 111 Å². The molecular weight excluding hydrogens is 245 g/mol. The van der Waals surface area contributed by atoms with Crippen LogP contribution in [0.15, 0.2) is 24.3 Å². The zero-order chi connectivity index (χ0) is 14.0. The van der Waals surface area contributed by atoms with Gasteiger partial charge < -0.3 is 5.73 Å². The van der Waals surface area contributed by atoms with Crippen molar-refractivity contribution in [3.63, 3.8) is 0 Å². The summed E-state index contributed by atoms with van der Waals surface area (Å²) in [6.45, 7) is 4.52. The smallest absolute Gasteiger partial charge is 0.170 e. The molecule has 100 valence electrons. The Morgan fingerprint density at radius 3 is 2.84 bits per heavy atom. The minimum Gasteiger partial charge on any atom is -0.398 e. The highest BCUT2D eigenvalue weighted by molar-refractivity contribution is 6.01. The lowest BCUT2D eigenvalue weighted by molar-refractivity contribution is 0.0991. The van der Waals surface area contributed by atoms with Crippen LogP contribution in [0.25, 0.3) is 0 Å². The molecule has 1 aromatic heterocycles. The van der Waals surface area contributed by atoms with Gasteiger partial charge in [-0.05, 0) is 38.1 Å². The first-order valence-corrected chi connectivity index (χ1v) is 6.12. The number of halogens is 1. The predicted molar refractivity (Wildman–Crippen MR) is 71.5 cm³/mol. The number of nitrogens with two attached hydrogens (primary N) is 1. The highest BCUT2D eigenvalue weighted by Crippen LogP contribution is 2.17. The van der Waals surface area contributed by atoms with Gasteiger partial charge in [-0.25, -0.2) is 4.39 Å². The number of Topliss-reactive ketones (excluding diaryl/α,β-unsaturated/α-hetero) is 1. The lowest BCUT2D eigenvalue weighted by Crippen LogP contribution is -2.11. The summed E-state index contributed by atoms with van der Waals surface area (Å²) < 4.78 is 14.9. The van der Waals surface area contributed by atoms with Crippen molar-refractivity contribution in [3.8, 4) is 0 Å². The molecule has 2 aromatic rings. The van der Waals surface area contributed by atoms with Crippen molar-refractivity contribution in [2.24, 2.45) is 0 Å². The molecule has 0 aliphatic rings. The van der Waals surface area contributed by atoms with Crippen LogP contribution in [-0.4, -0.2) is 15.6 Å². The van der Waals surface area contributed by atoms with Crippen molar-refractivity contribution < 1.29 is 9.18 Å². The molecule has 0 atom stereocenters.